The van der Waals surface area contributed by atoms with E-state index in [2.05, 4.69) is 43.9 Å². The second-order valence-electron chi connectivity index (χ2n) is 5.67. The van der Waals surface area contributed by atoms with Gasteiger partial charge in [-0.2, -0.15) is 5.10 Å². The Morgan fingerprint density at radius 2 is 1.67 bits per heavy atom. The second kappa shape index (κ2) is 6.16. The molecule has 120 valence electrons. The third kappa shape index (κ3) is 2.62. The van der Waals surface area contributed by atoms with Crippen LogP contribution in [0.3, 0.4) is 0 Å². The zero-order valence-corrected chi connectivity index (χ0v) is 13.4. The second-order valence-corrected chi connectivity index (χ2v) is 5.67. The molecule has 6 heteroatoms. The van der Waals surface area contributed by atoms with Gasteiger partial charge in [-0.1, -0.05) is 30.3 Å². The molecule has 4 rings (SSSR count). The van der Waals surface area contributed by atoms with E-state index in [4.69, 9.17) is 0 Å². The molecular weight excluding hydrogens is 300 g/mol. The van der Waals surface area contributed by atoms with Gasteiger partial charge in [0.05, 0.1) is 12.6 Å². The van der Waals surface area contributed by atoms with Gasteiger partial charge in [-0.3, -0.25) is 4.68 Å². The Balaban J connectivity index is 1.80. The molecule has 0 spiro atoms. The van der Waals surface area contributed by atoms with Gasteiger partial charge < -0.3 is 9.13 Å². The van der Waals surface area contributed by atoms with Crippen LogP contribution in [-0.4, -0.2) is 28.9 Å². The Kier molecular flexibility index (Phi) is 3.70. The van der Waals surface area contributed by atoms with Crippen LogP contribution in [0.1, 0.15) is 11.6 Å². The summed E-state index contributed by atoms with van der Waals surface area (Å²) in [5, 5.41) is 4.36. The minimum absolute atomic E-state index is 0.0836. The molecule has 1 unspecified atom stereocenters. The average molecular weight is 318 g/mol. The Labute approximate surface area is 140 Å². The Hall–Kier alpha value is -3.15. The van der Waals surface area contributed by atoms with Gasteiger partial charge in [0.25, 0.3) is 0 Å². The van der Waals surface area contributed by atoms with Crippen molar-refractivity contribution >= 4 is 0 Å². The van der Waals surface area contributed by atoms with Gasteiger partial charge in [0.1, 0.15) is 0 Å². The first kappa shape index (κ1) is 14.4. The van der Waals surface area contributed by atoms with Crippen molar-refractivity contribution in [3.05, 3.63) is 79.1 Å². The van der Waals surface area contributed by atoms with E-state index in [1.807, 2.05) is 53.2 Å². The predicted molar refractivity (Wildman–Crippen MR) is 91.2 cm³/mol. The van der Waals surface area contributed by atoms with Crippen molar-refractivity contribution in [1.82, 2.24) is 28.9 Å². The molecule has 0 saturated heterocycles. The molecule has 6 nitrogen and oxygen atoms in total. The maximum absolute atomic E-state index is 4.55. The monoisotopic (exact) mass is 318 g/mol. The highest BCUT2D eigenvalue weighted by Crippen LogP contribution is 2.26. The Bertz CT molecular complexity index is 904. The van der Waals surface area contributed by atoms with Crippen molar-refractivity contribution in [3.8, 4) is 11.6 Å². The van der Waals surface area contributed by atoms with Crippen molar-refractivity contribution in [1.29, 1.82) is 0 Å². The van der Waals surface area contributed by atoms with Crippen molar-refractivity contribution < 1.29 is 0 Å². The van der Waals surface area contributed by atoms with Gasteiger partial charge in [0.2, 0.25) is 0 Å². The third-order valence-electron chi connectivity index (χ3n) is 4.13. The average Bonchev–Trinajstić information content (AvgIpc) is 3.35. The van der Waals surface area contributed by atoms with Crippen LogP contribution >= 0.6 is 0 Å². The predicted octanol–water partition coefficient (Wildman–Crippen LogP) is 2.77. The number of imidazole rings is 2. The first-order valence-electron chi connectivity index (χ1n) is 7.86. The largest absolute Gasteiger partial charge is 0.331 e. The molecule has 4 aromatic rings. The summed E-state index contributed by atoms with van der Waals surface area (Å²) >= 11 is 0. The minimum Gasteiger partial charge on any atom is -0.331 e. The highest BCUT2D eigenvalue weighted by atomic mass is 15.3. The Morgan fingerprint density at radius 3 is 2.38 bits per heavy atom. The summed E-state index contributed by atoms with van der Waals surface area (Å²) in [6.45, 7) is 0.727. The molecule has 3 heterocycles. The summed E-state index contributed by atoms with van der Waals surface area (Å²) in [6.07, 6.45) is 11.3. The van der Waals surface area contributed by atoms with E-state index in [0.717, 1.165) is 18.2 Å². The van der Waals surface area contributed by atoms with Crippen LogP contribution in [-0.2, 0) is 13.6 Å². The number of aromatic nitrogens is 6. The standard InChI is InChI=1S/C18H18N6/c1-22-12-9-19-17(22)18-20-10-13-24(18)16(14-23-11-5-8-21-23)15-6-3-2-4-7-15/h2-13,16H,14H2,1H3. The molecule has 0 aliphatic heterocycles. The summed E-state index contributed by atoms with van der Waals surface area (Å²) in [4.78, 5) is 8.99. The van der Waals surface area contributed by atoms with Crippen LogP contribution < -0.4 is 0 Å². The third-order valence-corrected chi connectivity index (χ3v) is 4.13. The number of hydrogen-bond acceptors (Lipinski definition) is 3. The summed E-state index contributed by atoms with van der Waals surface area (Å²) in [7, 11) is 1.98. The highest BCUT2D eigenvalue weighted by molar-refractivity contribution is 5.45. The fraction of sp³-hybridized carbons (Fsp3) is 0.167. The molecule has 0 amide bonds. The van der Waals surface area contributed by atoms with Gasteiger partial charge in [0.15, 0.2) is 11.6 Å². The molecular formula is C18H18N6. The molecule has 0 radical (unpaired) electrons. The summed E-state index contributed by atoms with van der Waals surface area (Å²) < 4.78 is 6.09. The first-order valence-corrected chi connectivity index (χ1v) is 7.86. The summed E-state index contributed by atoms with van der Waals surface area (Å²) in [6, 6.07) is 12.4. The molecule has 0 aliphatic rings. The zero-order chi connectivity index (χ0) is 16.4. The lowest BCUT2D eigenvalue weighted by atomic mass is 10.1. The zero-order valence-electron chi connectivity index (χ0n) is 13.4. The SMILES string of the molecule is Cn1ccnc1-c1nccn1C(Cn1cccn1)c1ccccc1. The van der Waals surface area contributed by atoms with Crippen molar-refractivity contribution in [2.24, 2.45) is 7.05 Å². The van der Waals surface area contributed by atoms with Crippen molar-refractivity contribution in [2.75, 3.05) is 0 Å². The van der Waals surface area contributed by atoms with Crippen LogP contribution in [0.2, 0.25) is 0 Å². The van der Waals surface area contributed by atoms with Crippen LogP contribution in [0.15, 0.2) is 73.6 Å². The lowest BCUT2D eigenvalue weighted by Gasteiger charge is -2.21. The first-order chi connectivity index (χ1) is 11.8. The number of benzene rings is 1. The van der Waals surface area contributed by atoms with Crippen LogP contribution in [0.4, 0.5) is 0 Å². The quantitative estimate of drug-likeness (QED) is 0.568. The van der Waals surface area contributed by atoms with E-state index in [-0.39, 0.29) is 6.04 Å². The fourth-order valence-corrected chi connectivity index (χ4v) is 2.93. The highest BCUT2D eigenvalue weighted by Gasteiger charge is 2.20. The maximum Gasteiger partial charge on any atom is 0.177 e. The number of nitrogens with zero attached hydrogens (tertiary/aromatic N) is 6. The van der Waals surface area contributed by atoms with E-state index in [0.29, 0.717) is 0 Å². The number of hydrogen-bond donors (Lipinski definition) is 0. The summed E-state index contributed by atoms with van der Waals surface area (Å²) in [5.74, 6) is 1.70. The van der Waals surface area contributed by atoms with Crippen molar-refractivity contribution in [2.45, 2.75) is 12.6 Å². The van der Waals surface area contributed by atoms with E-state index in [1.165, 1.54) is 5.56 Å². The number of rotatable bonds is 5. The normalized spacial score (nSPS) is 12.4. The Morgan fingerprint density at radius 1 is 0.875 bits per heavy atom. The molecule has 0 bridgehead atoms. The van der Waals surface area contributed by atoms with E-state index < -0.39 is 0 Å². The summed E-state index contributed by atoms with van der Waals surface area (Å²) in [5.41, 5.74) is 1.21. The van der Waals surface area contributed by atoms with E-state index in [1.54, 1.807) is 12.4 Å². The molecule has 1 atom stereocenters. The lowest BCUT2D eigenvalue weighted by Crippen LogP contribution is -2.19. The van der Waals surface area contributed by atoms with Crippen LogP contribution in [0, 0.1) is 0 Å². The molecule has 0 aliphatic carbocycles. The van der Waals surface area contributed by atoms with E-state index in [9.17, 15) is 0 Å². The van der Waals surface area contributed by atoms with Crippen LogP contribution in [0.25, 0.3) is 11.6 Å². The smallest absolute Gasteiger partial charge is 0.177 e. The van der Waals surface area contributed by atoms with Crippen LogP contribution in [0.5, 0.6) is 0 Å². The maximum atomic E-state index is 4.55. The molecule has 0 saturated carbocycles. The van der Waals surface area contributed by atoms with Crippen molar-refractivity contribution in [3.63, 3.8) is 0 Å². The minimum atomic E-state index is 0.0836. The number of aryl methyl sites for hydroxylation is 1. The van der Waals surface area contributed by atoms with Gasteiger partial charge in [0, 0.05) is 44.2 Å². The topological polar surface area (TPSA) is 53.5 Å². The van der Waals surface area contributed by atoms with Gasteiger partial charge in [-0.15, -0.1) is 0 Å². The molecule has 1 aromatic carbocycles. The molecule has 0 N–H and O–H groups in total. The molecule has 24 heavy (non-hydrogen) atoms. The molecule has 3 aromatic heterocycles. The van der Waals surface area contributed by atoms with Gasteiger partial charge >= 0.3 is 0 Å². The molecule has 0 fully saturated rings. The lowest BCUT2D eigenvalue weighted by molar-refractivity contribution is 0.464. The fourth-order valence-electron chi connectivity index (χ4n) is 2.93. The van der Waals surface area contributed by atoms with Gasteiger partial charge in [-0.25, -0.2) is 9.97 Å². The van der Waals surface area contributed by atoms with Gasteiger partial charge in [-0.05, 0) is 11.6 Å². The van der Waals surface area contributed by atoms with E-state index >= 15 is 0 Å².